The highest BCUT2D eigenvalue weighted by Crippen LogP contribution is 2.26. The number of rotatable bonds is 1. The van der Waals surface area contributed by atoms with Crippen molar-refractivity contribution in [1.82, 2.24) is 0 Å². The minimum absolute atomic E-state index is 0.232. The molecule has 0 unspecified atom stereocenters. The molecular weight excluding hydrogens is 164 g/mol. The first-order valence-electron chi connectivity index (χ1n) is 4.22. The summed E-state index contributed by atoms with van der Waals surface area (Å²) in [6, 6.07) is 5.26. The molecule has 4 N–H and O–H groups in total. The minimum atomic E-state index is -0.232. The van der Waals surface area contributed by atoms with E-state index in [1.54, 1.807) is 18.2 Å². The Morgan fingerprint density at radius 1 is 1.15 bits per heavy atom. The number of nitrogens with two attached hydrogens (primary N) is 2. The van der Waals surface area contributed by atoms with E-state index in [2.05, 4.69) is 0 Å². The largest absolute Gasteiger partial charge is 0.486 e. The molecule has 72 valence electrons. The molecule has 0 atom stereocenters. The third kappa shape index (κ3) is 2.86. The lowest BCUT2D eigenvalue weighted by Gasteiger charge is -2.22. The molecule has 0 spiro atoms. The van der Waals surface area contributed by atoms with Crippen LogP contribution in [0.1, 0.15) is 20.8 Å². The molecular formula is C10H16N2O. The van der Waals surface area contributed by atoms with Crippen molar-refractivity contribution in [2.24, 2.45) is 0 Å². The number of hydrogen-bond acceptors (Lipinski definition) is 3. The summed E-state index contributed by atoms with van der Waals surface area (Å²) in [5.41, 5.74) is 12.3. The molecule has 0 fully saturated rings. The topological polar surface area (TPSA) is 61.3 Å². The fourth-order valence-corrected chi connectivity index (χ4v) is 0.990. The van der Waals surface area contributed by atoms with Crippen LogP contribution in [-0.4, -0.2) is 5.60 Å². The second-order valence-electron chi connectivity index (χ2n) is 4.01. The Morgan fingerprint density at radius 3 is 2.23 bits per heavy atom. The van der Waals surface area contributed by atoms with Crippen molar-refractivity contribution >= 4 is 11.4 Å². The lowest BCUT2D eigenvalue weighted by atomic mass is 10.2. The fraction of sp³-hybridized carbons (Fsp3) is 0.400. The highest BCUT2D eigenvalue weighted by molar-refractivity contribution is 5.60. The van der Waals surface area contributed by atoms with Gasteiger partial charge in [0, 0.05) is 5.69 Å². The number of ether oxygens (including phenoxy) is 1. The van der Waals surface area contributed by atoms with Crippen molar-refractivity contribution < 1.29 is 4.74 Å². The van der Waals surface area contributed by atoms with Gasteiger partial charge in [-0.15, -0.1) is 0 Å². The van der Waals surface area contributed by atoms with Crippen LogP contribution in [-0.2, 0) is 0 Å². The molecule has 0 amide bonds. The van der Waals surface area contributed by atoms with Gasteiger partial charge in [-0.25, -0.2) is 0 Å². The highest BCUT2D eigenvalue weighted by Gasteiger charge is 2.13. The predicted molar refractivity (Wildman–Crippen MR) is 55.6 cm³/mol. The maximum atomic E-state index is 5.72. The SMILES string of the molecule is CC(C)(C)Oc1ccc(N)cc1N. The van der Waals surface area contributed by atoms with E-state index in [9.17, 15) is 0 Å². The third-order valence-corrected chi connectivity index (χ3v) is 1.45. The Morgan fingerprint density at radius 2 is 1.77 bits per heavy atom. The van der Waals surface area contributed by atoms with Gasteiger partial charge >= 0.3 is 0 Å². The van der Waals surface area contributed by atoms with Crippen LogP contribution in [0.3, 0.4) is 0 Å². The van der Waals surface area contributed by atoms with Gasteiger partial charge in [-0.2, -0.15) is 0 Å². The van der Waals surface area contributed by atoms with Gasteiger partial charge in [0.05, 0.1) is 5.69 Å². The van der Waals surface area contributed by atoms with Crippen LogP contribution in [0.5, 0.6) is 5.75 Å². The van der Waals surface area contributed by atoms with Gasteiger partial charge in [-0.05, 0) is 39.0 Å². The average molecular weight is 180 g/mol. The van der Waals surface area contributed by atoms with E-state index >= 15 is 0 Å². The lowest BCUT2D eigenvalue weighted by Crippen LogP contribution is -2.23. The summed E-state index contributed by atoms with van der Waals surface area (Å²) < 4.78 is 5.61. The Labute approximate surface area is 78.7 Å². The molecule has 0 saturated carbocycles. The van der Waals surface area contributed by atoms with Crippen LogP contribution in [0.25, 0.3) is 0 Å². The minimum Gasteiger partial charge on any atom is -0.486 e. The summed E-state index contributed by atoms with van der Waals surface area (Å²) >= 11 is 0. The van der Waals surface area contributed by atoms with E-state index in [1.165, 1.54) is 0 Å². The summed E-state index contributed by atoms with van der Waals surface area (Å²) in [6.07, 6.45) is 0. The molecule has 13 heavy (non-hydrogen) atoms. The second kappa shape index (κ2) is 3.17. The molecule has 0 saturated heterocycles. The third-order valence-electron chi connectivity index (χ3n) is 1.45. The first-order valence-corrected chi connectivity index (χ1v) is 4.22. The van der Waals surface area contributed by atoms with Crippen molar-refractivity contribution in [3.63, 3.8) is 0 Å². The van der Waals surface area contributed by atoms with Gasteiger partial charge in [0.1, 0.15) is 11.4 Å². The summed E-state index contributed by atoms with van der Waals surface area (Å²) in [5, 5.41) is 0. The quantitative estimate of drug-likeness (QED) is 0.650. The Hall–Kier alpha value is -1.38. The zero-order chi connectivity index (χ0) is 10.1. The van der Waals surface area contributed by atoms with Crippen molar-refractivity contribution in [3.8, 4) is 5.75 Å². The van der Waals surface area contributed by atoms with Gasteiger partial charge < -0.3 is 16.2 Å². The van der Waals surface area contributed by atoms with Crippen molar-refractivity contribution in [2.45, 2.75) is 26.4 Å². The van der Waals surface area contributed by atoms with Crippen LogP contribution >= 0.6 is 0 Å². The Kier molecular flexibility index (Phi) is 2.36. The molecule has 3 heteroatoms. The van der Waals surface area contributed by atoms with Gasteiger partial charge in [0.25, 0.3) is 0 Å². The Bertz CT molecular complexity index is 302. The van der Waals surface area contributed by atoms with Crippen LogP contribution in [0.2, 0.25) is 0 Å². The van der Waals surface area contributed by atoms with Crippen molar-refractivity contribution in [1.29, 1.82) is 0 Å². The maximum Gasteiger partial charge on any atom is 0.143 e. The Balaban J connectivity index is 2.90. The number of benzene rings is 1. The van der Waals surface area contributed by atoms with Crippen LogP contribution in [0, 0.1) is 0 Å². The van der Waals surface area contributed by atoms with Crippen molar-refractivity contribution in [3.05, 3.63) is 18.2 Å². The lowest BCUT2D eigenvalue weighted by molar-refractivity contribution is 0.132. The zero-order valence-corrected chi connectivity index (χ0v) is 8.29. The van der Waals surface area contributed by atoms with Crippen LogP contribution in [0.4, 0.5) is 11.4 Å². The van der Waals surface area contributed by atoms with Crippen LogP contribution in [0.15, 0.2) is 18.2 Å². The summed E-state index contributed by atoms with van der Waals surface area (Å²) in [4.78, 5) is 0. The summed E-state index contributed by atoms with van der Waals surface area (Å²) in [5.74, 6) is 0.682. The van der Waals surface area contributed by atoms with Gasteiger partial charge in [-0.3, -0.25) is 0 Å². The standard InChI is InChI=1S/C10H16N2O/c1-10(2,3)13-9-5-4-7(11)6-8(9)12/h4-6H,11-12H2,1-3H3. The monoisotopic (exact) mass is 180 g/mol. The van der Waals surface area contributed by atoms with E-state index in [0.717, 1.165) is 0 Å². The molecule has 0 aliphatic heterocycles. The summed E-state index contributed by atoms with van der Waals surface area (Å²) in [7, 11) is 0. The van der Waals surface area contributed by atoms with Crippen molar-refractivity contribution in [2.75, 3.05) is 11.5 Å². The van der Waals surface area contributed by atoms with E-state index in [4.69, 9.17) is 16.2 Å². The molecule has 0 heterocycles. The summed E-state index contributed by atoms with van der Waals surface area (Å²) in [6.45, 7) is 5.92. The van der Waals surface area contributed by atoms with Gasteiger partial charge in [0.2, 0.25) is 0 Å². The smallest absolute Gasteiger partial charge is 0.143 e. The first kappa shape index (κ1) is 9.71. The molecule has 1 rings (SSSR count). The number of hydrogen-bond donors (Lipinski definition) is 2. The van der Waals surface area contributed by atoms with Crippen LogP contribution < -0.4 is 16.2 Å². The molecule has 0 aliphatic rings. The number of anilines is 2. The van der Waals surface area contributed by atoms with Gasteiger partial charge in [0.15, 0.2) is 0 Å². The van der Waals surface area contributed by atoms with E-state index < -0.39 is 0 Å². The molecule has 1 aromatic carbocycles. The van der Waals surface area contributed by atoms with Gasteiger partial charge in [-0.1, -0.05) is 0 Å². The predicted octanol–water partition coefficient (Wildman–Crippen LogP) is 2.03. The maximum absolute atomic E-state index is 5.72. The fourth-order valence-electron chi connectivity index (χ4n) is 0.990. The normalized spacial score (nSPS) is 11.3. The molecule has 0 bridgehead atoms. The number of nitrogen functional groups attached to an aromatic ring is 2. The molecule has 0 radical (unpaired) electrons. The molecule has 0 aromatic heterocycles. The molecule has 1 aromatic rings. The molecule has 0 aliphatic carbocycles. The highest BCUT2D eigenvalue weighted by atomic mass is 16.5. The second-order valence-corrected chi connectivity index (χ2v) is 4.01. The zero-order valence-electron chi connectivity index (χ0n) is 8.29. The molecule has 3 nitrogen and oxygen atoms in total. The van der Waals surface area contributed by atoms with E-state index in [-0.39, 0.29) is 5.60 Å². The van der Waals surface area contributed by atoms with E-state index in [0.29, 0.717) is 17.1 Å². The van der Waals surface area contributed by atoms with E-state index in [1.807, 2.05) is 20.8 Å². The average Bonchev–Trinajstić information content (AvgIpc) is 1.93. The first-order chi connectivity index (χ1) is 5.88.